The first-order chi connectivity index (χ1) is 8.04. The highest BCUT2D eigenvalue weighted by molar-refractivity contribution is 6.30. The third kappa shape index (κ3) is 4.17. The average Bonchev–Trinajstić information content (AvgIpc) is 2.24. The van der Waals surface area contributed by atoms with Gasteiger partial charge in [-0.15, -0.1) is 6.58 Å². The molecule has 1 N–H and O–H groups in total. The second-order valence-corrected chi connectivity index (χ2v) is 3.97. The first-order valence-electron chi connectivity index (χ1n) is 5.02. The number of aliphatic carboxylic acids is 1. The number of carboxylic acid groups (broad SMARTS) is 1. The maximum absolute atomic E-state index is 13.6. The van der Waals surface area contributed by atoms with Crippen LogP contribution in [0, 0.1) is 5.82 Å². The van der Waals surface area contributed by atoms with Crippen LogP contribution in [0.5, 0.6) is 0 Å². The summed E-state index contributed by atoms with van der Waals surface area (Å²) in [4.78, 5) is 12.2. The van der Waals surface area contributed by atoms with Crippen molar-refractivity contribution in [3.8, 4) is 0 Å². The number of carbonyl (C=O) groups is 1. The van der Waals surface area contributed by atoms with Gasteiger partial charge in [0.2, 0.25) is 0 Å². The van der Waals surface area contributed by atoms with Gasteiger partial charge in [0, 0.05) is 18.7 Å². The average molecular weight is 258 g/mol. The molecule has 0 heterocycles. The molecule has 0 spiro atoms. The van der Waals surface area contributed by atoms with Crippen LogP contribution in [0.3, 0.4) is 0 Å². The van der Waals surface area contributed by atoms with Crippen molar-refractivity contribution in [3.05, 3.63) is 47.3 Å². The van der Waals surface area contributed by atoms with Crippen molar-refractivity contribution in [2.45, 2.75) is 6.54 Å². The summed E-state index contributed by atoms with van der Waals surface area (Å²) >= 11 is 5.65. The summed E-state index contributed by atoms with van der Waals surface area (Å²) in [5.41, 5.74) is 0.376. The van der Waals surface area contributed by atoms with Gasteiger partial charge in [0.15, 0.2) is 0 Å². The second kappa shape index (κ2) is 6.37. The summed E-state index contributed by atoms with van der Waals surface area (Å²) in [5, 5.41) is 8.75. The molecule has 0 unspecified atom stereocenters. The normalized spacial score (nSPS) is 10.5. The van der Waals surface area contributed by atoms with Gasteiger partial charge in [-0.05, 0) is 6.07 Å². The highest BCUT2D eigenvalue weighted by Gasteiger charge is 2.12. The van der Waals surface area contributed by atoms with Gasteiger partial charge in [-0.2, -0.15) is 0 Å². The van der Waals surface area contributed by atoms with Crippen molar-refractivity contribution in [1.29, 1.82) is 0 Å². The monoisotopic (exact) mass is 257 g/mol. The zero-order valence-corrected chi connectivity index (χ0v) is 9.95. The zero-order chi connectivity index (χ0) is 12.8. The zero-order valence-electron chi connectivity index (χ0n) is 9.20. The van der Waals surface area contributed by atoms with E-state index in [2.05, 4.69) is 6.58 Å². The molecule has 0 radical (unpaired) electrons. The van der Waals surface area contributed by atoms with E-state index in [4.69, 9.17) is 16.7 Å². The smallest absolute Gasteiger partial charge is 0.317 e. The van der Waals surface area contributed by atoms with Gasteiger partial charge < -0.3 is 5.11 Å². The minimum absolute atomic E-state index is 0.0383. The van der Waals surface area contributed by atoms with Crippen molar-refractivity contribution < 1.29 is 14.3 Å². The predicted molar refractivity (Wildman–Crippen MR) is 64.5 cm³/mol. The molecule has 0 fully saturated rings. The van der Waals surface area contributed by atoms with E-state index in [0.29, 0.717) is 12.1 Å². The molecule has 0 atom stereocenters. The van der Waals surface area contributed by atoms with E-state index in [1.54, 1.807) is 23.1 Å². The first kappa shape index (κ1) is 13.7. The lowest BCUT2D eigenvalue weighted by Crippen LogP contribution is -2.29. The van der Waals surface area contributed by atoms with Gasteiger partial charge in [-0.1, -0.05) is 29.8 Å². The second-order valence-electron chi connectivity index (χ2n) is 3.56. The Kier molecular flexibility index (Phi) is 5.12. The highest BCUT2D eigenvalue weighted by atomic mass is 35.5. The molecule has 1 rings (SSSR count). The molecule has 0 aromatic heterocycles. The molecule has 17 heavy (non-hydrogen) atoms. The topological polar surface area (TPSA) is 40.5 Å². The van der Waals surface area contributed by atoms with E-state index in [1.807, 2.05) is 0 Å². The van der Waals surface area contributed by atoms with Crippen molar-refractivity contribution in [2.24, 2.45) is 0 Å². The molecule has 0 aliphatic heterocycles. The van der Waals surface area contributed by atoms with Gasteiger partial charge >= 0.3 is 5.97 Å². The van der Waals surface area contributed by atoms with Gasteiger partial charge in [0.1, 0.15) is 5.82 Å². The van der Waals surface area contributed by atoms with E-state index >= 15 is 0 Å². The van der Waals surface area contributed by atoms with E-state index in [0.717, 1.165) is 0 Å². The highest BCUT2D eigenvalue weighted by Crippen LogP contribution is 2.19. The van der Waals surface area contributed by atoms with Crippen LogP contribution in [-0.2, 0) is 11.3 Å². The minimum atomic E-state index is -0.964. The fourth-order valence-corrected chi connectivity index (χ4v) is 1.66. The lowest BCUT2D eigenvalue weighted by molar-refractivity contribution is -0.138. The van der Waals surface area contributed by atoms with Crippen LogP contribution < -0.4 is 0 Å². The fourth-order valence-electron chi connectivity index (χ4n) is 1.47. The molecule has 0 amide bonds. The number of carboxylic acids is 1. The quantitative estimate of drug-likeness (QED) is 0.797. The van der Waals surface area contributed by atoms with Crippen molar-refractivity contribution in [1.82, 2.24) is 4.90 Å². The fraction of sp³-hybridized carbons (Fsp3) is 0.250. The Hall–Kier alpha value is -1.39. The molecule has 0 aliphatic rings. The van der Waals surface area contributed by atoms with E-state index in [-0.39, 0.29) is 18.1 Å². The molecule has 0 bridgehead atoms. The minimum Gasteiger partial charge on any atom is -0.480 e. The summed E-state index contributed by atoms with van der Waals surface area (Å²) in [5.74, 6) is -1.47. The SMILES string of the molecule is C=CCN(CC(=O)O)Cc1cccc(Cl)c1F. The number of rotatable bonds is 6. The van der Waals surface area contributed by atoms with Crippen LogP contribution >= 0.6 is 11.6 Å². The summed E-state index contributed by atoms with van der Waals surface area (Å²) in [6, 6.07) is 4.67. The Labute approximate surface area is 104 Å². The van der Waals surface area contributed by atoms with Gasteiger partial charge in [-0.25, -0.2) is 4.39 Å². The van der Waals surface area contributed by atoms with Crippen molar-refractivity contribution >= 4 is 17.6 Å². The van der Waals surface area contributed by atoms with Crippen LogP contribution in [0.2, 0.25) is 5.02 Å². The van der Waals surface area contributed by atoms with E-state index in [9.17, 15) is 9.18 Å². The van der Waals surface area contributed by atoms with Crippen LogP contribution in [0.15, 0.2) is 30.9 Å². The molecule has 0 aliphatic carbocycles. The number of hydrogen-bond donors (Lipinski definition) is 1. The standard InChI is InChI=1S/C12H13ClFNO2/c1-2-6-15(8-11(16)17)7-9-4-3-5-10(13)12(9)14/h2-5H,1,6-8H2,(H,16,17). The Morgan fingerprint density at radius 2 is 2.29 bits per heavy atom. The van der Waals surface area contributed by atoms with E-state index < -0.39 is 11.8 Å². The third-order valence-electron chi connectivity index (χ3n) is 2.17. The Balaban J connectivity index is 2.81. The van der Waals surface area contributed by atoms with Crippen molar-refractivity contribution in [2.75, 3.05) is 13.1 Å². The molecule has 0 saturated heterocycles. The number of nitrogens with zero attached hydrogens (tertiary/aromatic N) is 1. The van der Waals surface area contributed by atoms with Gasteiger partial charge in [0.05, 0.1) is 11.6 Å². The lowest BCUT2D eigenvalue weighted by Gasteiger charge is -2.18. The van der Waals surface area contributed by atoms with E-state index in [1.165, 1.54) is 6.07 Å². The first-order valence-corrected chi connectivity index (χ1v) is 5.40. The predicted octanol–water partition coefficient (Wildman–Crippen LogP) is 2.55. The Morgan fingerprint density at radius 1 is 1.59 bits per heavy atom. The molecule has 3 nitrogen and oxygen atoms in total. The van der Waals surface area contributed by atoms with Gasteiger partial charge in [0.25, 0.3) is 0 Å². The van der Waals surface area contributed by atoms with Crippen molar-refractivity contribution in [3.63, 3.8) is 0 Å². The number of halogens is 2. The summed E-state index contributed by atoms with van der Waals surface area (Å²) in [6.07, 6.45) is 1.57. The Morgan fingerprint density at radius 3 is 2.88 bits per heavy atom. The molecular weight excluding hydrogens is 245 g/mol. The third-order valence-corrected chi connectivity index (χ3v) is 2.46. The summed E-state index contributed by atoms with van der Waals surface area (Å²) < 4.78 is 13.6. The van der Waals surface area contributed by atoms with Gasteiger partial charge in [-0.3, -0.25) is 9.69 Å². The molecule has 92 valence electrons. The number of benzene rings is 1. The van der Waals surface area contributed by atoms with Crippen LogP contribution in [0.4, 0.5) is 4.39 Å². The maximum Gasteiger partial charge on any atom is 0.317 e. The largest absolute Gasteiger partial charge is 0.480 e. The molecule has 0 saturated carbocycles. The number of hydrogen-bond acceptors (Lipinski definition) is 2. The maximum atomic E-state index is 13.6. The molecule has 1 aromatic carbocycles. The molecule has 5 heteroatoms. The molecule has 1 aromatic rings. The van der Waals surface area contributed by atoms with Crippen LogP contribution in [-0.4, -0.2) is 29.1 Å². The lowest BCUT2D eigenvalue weighted by atomic mass is 10.2. The summed E-state index contributed by atoms with van der Waals surface area (Å²) in [6.45, 7) is 3.92. The molecular formula is C12H13ClFNO2. The Bertz CT molecular complexity index is 423. The van der Waals surface area contributed by atoms with Crippen LogP contribution in [0.25, 0.3) is 0 Å². The summed E-state index contributed by atoms with van der Waals surface area (Å²) in [7, 11) is 0. The van der Waals surface area contributed by atoms with Crippen LogP contribution in [0.1, 0.15) is 5.56 Å².